The minimum absolute atomic E-state index is 0.326. The van der Waals surface area contributed by atoms with Crippen LogP contribution in [0.2, 0.25) is 0 Å². The summed E-state index contributed by atoms with van der Waals surface area (Å²) in [6, 6.07) is -5.05. The Morgan fingerprint density at radius 3 is 1.80 bits per heavy atom. The zero-order valence-electron chi connectivity index (χ0n) is 17.5. The molecule has 12 heteroatoms. The Kier molecular flexibility index (Phi) is 11.6. The molecule has 12 nitrogen and oxygen atoms in total. The molecule has 0 saturated heterocycles. The second-order valence-corrected chi connectivity index (χ2v) is 7.22. The molecule has 0 spiro atoms. The Balaban J connectivity index is 5.50. The molecule has 172 valence electrons. The first-order valence-electron chi connectivity index (χ1n) is 9.61. The van der Waals surface area contributed by atoms with Crippen LogP contribution in [0.4, 0.5) is 0 Å². The van der Waals surface area contributed by atoms with Gasteiger partial charge in [-0.3, -0.25) is 19.2 Å². The third-order valence-corrected chi connectivity index (χ3v) is 4.53. The van der Waals surface area contributed by atoms with Crippen molar-refractivity contribution in [2.45, 2.75) is 77.2 Å². The van der Waals surface area contributed by atoms with E-state index in [1.807, 2.05) is 0 Å². The third kappa shape index (κ3) is 9.18. The number of aliphatic hydroxyl groups is 1. The molecule has 0 saturated carbocycles. The lowest BCUT2D eigenvalue weighted by Crippen LogP contribution is -2.60. The van der Waals surface area contributed by atoms with Crippen molar-refractivity contribution in [3.63, 3.8) is 0 Å². The predicted octanol–water partition coefficient (Wildman–Crippen LogP) is -1.84. The molecule has 6 unspecified atom stereocenters. The van der Waals surface area contributed by atoms with Crippen molar-refractivity contribution < 1.29 is 39.3 Å². The van der Waals surface area contributed by atoms with E-state index in [-0.39, 0.29) is 6.42 Å². The van der Waals surface area contributed by atoms with Crippen molar-refractivity contribution in [1.29, 1.82) is 0 Å². The summed E-state index contributed by atoms with van der Waals surface area (Å²) in [6.45, 7) is 5.97. The van der Waals surface area contributed by atoms with Crippen molar-refractivity contribution in [1.82, 2.24) is 16.0 Å². The van der Waals surface area contributed by atoms with Gasteiger partial charge in [-0.25, -0.2) is 4.79 Å². The highest BCUT2D eigenvalue weighted by atomic mass is 16.4. The van der Waals surface area contributed by atoms with Crippen LogP contribution in [0.1, 0.15) is 47.0 Å². The van der Waals surface area contributed by atoms with E-state index >= 15 is 0 Å². The Morgan fingerprint density at radius 2 is 1.40 bits per heavy atom. The highest BCUT2D eigenvalue weighted by Crippen LogP contribution is 2.09. The fraction of sp³-hybridized carbons (Fsp3) is 0.722. The van der Waals surface area contributed by atoms with Crippen LogP contribution in [-0.2, 0) is 24.0 Å². The van der Waals surface area contributed by atoms with E-state index in [9.17, 15) is 34.2 Å². The van der Waals surface area contributed by atoms with Gasteiger partial charge in [0.1, 0.15) is 18.1 Å². The molecular formula is C18H32N4O8. The molecule has 0 radical (unpaired) electrons. The number of carbonyl (C=O) groups is 5. The molecule has 30 heavy (non-hydrogen) atoms. The average molecular weight is 432 g/mol. The molecule has 0 aliphatic heterocycles. The first kappa shape index (κ1) is 27.3. The summed E-state index contributed by atoms with van der Waals surface area (Å²) in [5.74, 6) is -5.47. The van der Waals surface area contributed by atoms with Crippen molar-refractivity contribution in [2.24, 2.45) is 11.7 Å². The van der Waals surface area contributed by atoms with E-state index in [1.54, 1.807) is 13.8 Å². The fourth-order valence-corrected chi connectivity index (χ4v) is 2.43. The molecule has 0 aliphatic carbocycles. The molecule has 3 amide bonds. The zero-order chi connectivity index (χ0) is 23.6. The Labute approximate surface area is 174 Å². The van der Waals surface area contributed by atoms with Crippen LogP contribution in [-0.4, -0.2) is 75.3 Å². The number of nitrogens with two attached hydrogens (primary N) is 1. The lowest BCUT2D eigenvalue weighted by molar-refractivity contribution is -0.144. The molecule has 8 N–H and O–H groups in total. The van der Waals surface area contributed by atoms with Gasteiger partial charge in [0, 0.05) is 6.42 Å². The lowest BCUT2D eigenvalue weighted by Gasteiger charge is -2.27. The summed E-state index contributed by atoms with van der Waals surface area (Å²) >= 11 is 0. The number of aliphatic hydroxyl groups excluding tert-OH is 1. The summed E-state index contributed by atoms with van der Waals surface area (Å²) in [6.07, 6.45) is -1.70. The number of rotatable bonds is 13. The number of carboxylic acids is 2. The maximum absolute atomic E-state index is 12.6. The highest BCUT2D eigenvalue weighted by molar-refractivity contribution is 5.94. The summed E-state index contributed by atoms with van der Waals surface area (Å²) < 4.78 is 0. The Morgan fingerprint density at radius 1 is 0.867 bits per heavy atom. The van der Waals surface area contributed by atoms with Gasteiger partial charge in [0.25, 0.3) is 0 Å². The quantitative estimate of drug-likeness (QED) is 0.174. The van der Waals surface area contributed by atoms with Crippen LogP contribution in [0.5, 0.6) is 0 Å². The normalized spacial score (nSPS) is 16.9. The van der Waals surface area contributed by atoms with Crippen LogP contribution in [0.15, 0.2) is 0 Å². The smallest absolute Gasteiger partial charge is 0.326 e. The van der Waals surface area contributed by atoms with Gasteiger partial charge in [0.15, 0.2) is 0 Å². The average Bonchev–Trinajstić information content (AvgIpc) is 2.65. The van der Waals surface area contributed by atoms with Gasteiger partial charge in [0.2, 0.25) is 17.7 Å². The SMILES string of the molecule is CCC(C)C(NC(=O)C(CCC(=O)O)NC(=O)C(NC(=O)C(C)N)C(C)O)C(=O)O. The van der Waals surface area contributed by atoms with E-state index in [4.69, 9.17) is 10.8 Å². The number of aliphatic carboxylic acids is 2. The Hall–Kier alpha value is -2.73. The molecule has 0 rings (SSSR count). The molecule has 0 aromatic carbocycles. The maximum Gasteiger partial charge on any atom is 0.326 e. The van der Waals surface area contributed by atoms with Crippen molar-refractivity contribution in [3.8, 4) is 0 Å². The maximum atomic E-state index is 12.6. The van der Waals surface area contributed by atoms with Crippen LogP contribution < -0.4 is 21.7 Å². The number of hydrogen-bond acceptors (Lipinski definition) is 7. The molecule has 0 aromatic heterocycles. The van der Waals surface area contributed by atoms with E-state index in [2.05, 4.69) is 16.0 Å². The second-order valence-electron chi connectivity index (χ2n) is 7.22. The summed E-state index contributed by atoms with van der Waals surface area (Å²) in [4.78, 5) is 59.3. The van der Waals surface area contributed by atoms with E-state index in [0.29, 0.717) is 6.42 Å². The van der Waals surface area contributed by atoms with Crippen molar-refractivity contribution in [3.05, 3.63) is 0 Å². The van der Waals surface area contributed by atoms with E-state index < -0.39 is 72.3 Å². The van der Waals surface area contributed by atoms with Crippen LogP contribution in [0, 0.1) is 5.92 Å². The monoisotopic (exact) mass is 432 g/mol. The largest absolute Gasteiger partial charge is 0.481 e. The lowest BCUT2D eigenvalue weighted by atomic mass is 9.98. The topological polar surface area (TPSA) is 208 Å². The highest BCUT2D eigenvalue weighted by Gasteiger charge is 2.33. The molecule has 0 bridgehead atoms. The van der Waals surface area contributed by atoms with Crippen molar-refractivity contribution >= 4 is 29.7 Å². The molecule has 6 atom stereocenters. The molecular weight excluding hydrogens is 400 g/mol. The molecule has 0 aromatic rings. The second kappa shape index (κ2) is 12.8. The minimum atomic E-state index is -1.45. The standard InChI is InChI=1S/C18H32N4O8/c1-5-8(2)13(18(29)30)21-16(27)11(6-7-12(24)25)20-17(28)14(10(4)23)22-15(26)9(3)19/h8-11,13-14,23H,5-7,19H2,1-4H3,(H,20,28)(H,21,27)(H,22,26)(H,24,25)(H,29,30). The summed E-state index contributed by atoms with van der Waals surface area (Å²) in [5, 5.41) is 34.9. The van der Waals surface area contributed by atoms with Gasteiger partial charge in [-0.05, 0) is 26.2 Å². The zero-order valence-corrected chi connectivity index (χ0v) is 17.5. The first-order valence-corrected chi connectivity index (χ1v) is 9.61. The number of hydrogen-bond donors (Lipinski definition) is 7. The van der Waals surface area contributed by atoms with Gasteiger partial charge in [0.05, 0.1) is 12.1 Å². The van der Waals surface area contributed by atoms with Gasteiger partial charge in [-0.1, -0.05) is 20.3 Å². The molecule has 0 fully saturated rings. The van der Waals surface area contributed by atoms with Crippen LogP contribution >= 0.6 is 0 Å². The van der Waals surface area contributed by atoms with Crippen LogP contribution in [0.25, 0.3) is 0 Å². The predicted molar refractivity (Wildman–Crippen MR) is 105 cm³/mol. The van der Waals surface area contributed by atoms with Crippen molar-refractivity contribution in [2.75, 3.05) is 0 Å². The fourth-order valence-electron chi connectivity index (χ4n) is 2.43. The third-order valence-electron chi connectivity index (χ3n) is 4.53. The van der Waals surface area contributed by atoms with Crippen LogP contribution in [0.3, 0.4) is 0 Å². The van der Waals surface area contributed by atoms with E-state index in [1.165, 1.54) is 13.8 Å². The summed E-state index contributed by atoms with van der Waals surface area (Å²) in [7, 11) is 0. The number of nitrogens with one attached hydrogen (secondary N) is 3. The first-order chi connectivity index (χ1) is 13.8. The summed E-state index contributed by atoms with van der Waals surface area (Å²) in [5.41, 5.74) is 5.43. The van der Waals surface area contributed by atoms with Gasteiger partial charge >= 0.3 is 11.9 Å². The minimum Gasteiger partial charge on any atom is -0.481 e. The molecule has 0 heterocycles. The Bertz CT molecular complexity index is 638. The van der Waals surface area contributed by atoms with Gasteiger partial charge in [-0.2, -0.15) is 0 Å². The van der Waals surface area contributed by atoms with Gasteiger partial charge in [-0.15, -0.1) is 0 Å². The number of amides is 3. The number of carbonyl (C=O) groups excluding carboxylic acids is 3. The molecule has 0 aliphatic rings. The van der Waals surface area contributed by atoms with Gasteiger partial charge < -0.3 is 37.0 Å². The van der Waals surface area contributed by atoms with E-state index in [0.717, 1.165) is 0 Å². The number of carboxylic acid groups (broad SMARTS) is 2.